The summed E-state index contributed by atoms with van der Waals surface area (Å²) in [5, 5.41) is 9.47. The first-order valence-electron chi connectivity index (χ1n) is 5.11. The Morgan fingerprint density at radius 3 is 2.78 bits per heavy atom. The van der Waals surface area contributed by atoms with Gasteiger partial charge in [-0.2, -0.15) is 0 Å². The summed E-state index contributed by atoms with van der Waals surface area (Å²) < 4.78 is 18.6. The van der Waals surface area contributed by atoms with Gasteiger partial charge in [-0.1, -0.05) is 6.07 Å². The van der Waals surface area contributed by atoms with Gasteiger partial charge in [-0.15, -0.1) is 0 Å². The van der Waals surface area contributed by atoms with Crippen LogP contribution in [0, 0.1) is 5.82 Å². The van der Waals surface area contributed by atoms with Crippen LogP contribution in [-0.2, 0) is 4.74 Å². The average molecular weight is 269 g/mol. The van der Waals surface area contributed by atoms with Crippen LogP contribution >= 0.6 is 11.6 Å². The predicted molar refractivity (Wildman–Crippen MR) is 64.4 cm³/mol. The fourth-order valence-corrected chi connectivity index (χ4v) is 1.66. The Morgan fingerprint density at radius 1 is 1.39 bits per heavy atom. The van der Waals surface area contributed by atoms with E-state index in [0.29, 0.717) is 11.3 Å². The second-order valence-corrected chi connectivity index (χ2v) is 3.88. The van der Waals surface area contributed by atoms with Crippen LogP contribution in [0.1, 0.15) is 11.9 Å². The Hall–Kier alpha value is -1.56. The van der Waals surface area contributed by atoms with Crippen LogP contribution in [0.3, 0.4) is 0 Å². The van der Waals surface area contributed by atoms with Gasteiger partial charge in [-0.05, 0) is 29.8 Å². The maximum absolute atomic E-state index is 13.9. The van der Waals surface area contributed by atoms with E-state index in [1.165, 1.54) is 25.4 Å². The van der Waals surface area contributed by atoms with Crippen LogP contribution in [0.15, 0.2) is 30.5 Å². The van der Waals surface area contributed by atoms with E-state index >= 15 is 0 Å². The van der Waals surface area contributed by atoms with Gasteiger partial charge in [0.05, 0.1) is 5.69 Å². The van der Waals surface area contributed by atoms with Crippen molar-refractivity contribution in [3.05, 3.63) is 47.1 Å². The molecule has 1 heterocycles. The molecule has 0 spiro atoms. The maximum atomic E-state index is 13.9. The highest BCUT2D eigenvalue weighted by Crippen LogP contribution is 2.24. The van der Waals surface area contributed by atoms with Gasteiger partial charge in [0.15, 0.2) is 6.29 Å². The summed E-state index contributed by atoms with van der Waals surface area (Å²) in [6, 6.07) is 5.81. The molecule has 0 radical (unpaired) electrons. The Morgan fingerprint density at radius 2 is 2.17 bits per heavy atom. The van der Waals surface area contributed by atoms with E-state index in [-0.39, 0.29) is 10.8 Å². The minimum absolute atomic E-state index is 0.0490. The lowest BCUT2D eigenvalue weighted by Crippen LogP contribution is -2.00. The van der Waals surface area contributed by atoms with Crippen LogP contribution in [0.5, 0.6) is 0 Å². The minimum Gasteiger partial charge on any atom is -0.364 e. The van der Waals surface area contributed by atoms with Crippen molar-refractivity contribution >= 4 is 11.6 Å². The van der Waals surface area contributed by atoms with Gasteiger partial charge in [0.25, 0.3) is 0 Å². The lowest BCUT2D eigenvalue weighted by molar-refractivity contribution is -0.0770. The maximum Gasteiger partial charge on any atom is 0.222 e. The molecule has 0 bridgehead atoms. The first-order valence-corrected chi connectivity index (χ1v) is 5.49. The van der Waals surface area contributed by atoms with E-state index in [9.17, 15) is 9.50 Å². The van der Waals surface area contributed by atoms with Crippen molar-refractivity contribution in [3.63, 3.8) is 0 Å². The zero-order valence-corrected chi connectivity index (χ0v) is 10.2. The summed E-state index contributed by atoms with van der Waals surface area (Å²) in [5.41, 5.74) is 0.996. The second-order valence-electron chi connectivity index (χ2n) is 3.54. The van der Waals surface area contributed by atoms with E-state index in [2.05, 4.69) is 9.97 Å². The number of aromatic nitrogens is 2. The van der Waals surface area contributed by atoms with Crippen LogP contribution in [0.25, 0.3) is 11.3 Å². The number of aliphatic hydroxyl groups excluding tert-OH is 1. The molecule has 94 valence electrons. The standard InChI is InChI=1S/C12H10ClFN2O2/c1-18-11(17)7-2-3-8(9(14)6-7)10-4-5-15-12(13)16-10/h2-6,11,17H,1H3. The third-order valence-corrected chi connectivity index (χ3v) is 2.59. The molecule has 18 heavy (non-hydrogen) atoms. The summed E-state index contributed by atoms with van der Waals surface area (Å²) >= 11 is 5.65. The molecule has 0 aliphatic heterocycles. The number of methoxy groups -OCH3 is 1. The zero-order valence-electron chi connectivity index (χ0n) is 9.47. The summed E-state index contributed by atoms with van der Waals surface area (Å²) in [4.78, 5) is 7.65. The second kappa shape index (κ2) is 5.39. The number of aliphatic hydroxyl groups is 1. The fraction of sp³-hybridized carbons (Fsp3) is 0.167. The highest BCUT2D eigenvalue weighted by Gasteiger charge is 2.12. The molecule has 0 amide bonds. The van der Waals surface area contributed by atoms with Crippen molar-refractivity contribution in [3.8, 4) is 11.3 Å². The van der Waals surface area contributed by atoms with E-state index in [1.807, 2.05) is 0 Å². The first-order chi connectivity index (χ1) is 8.61. The molecule has 6 heteroatoms. The van der Waals surface area contributed by atoms with E-state index in [1.54, 1.807) is 12.1 Å². The van der Waals surface area contributed by atoms with Gasteiger partial charge in [0.2, 0.25) is 5.28 Å². The van der Waals surface area contributed by atoms with Crippen LogP contribution in [0.2, 0.25) is 5.28 Å². The molecular formula is C12H10ClFN2O2. The molecule has 2 aromatic rings. The van der Waals surface area contributed by atoms with Crippen molar-refractivity contribution in [1.29, 1.82) is 0 Å². The molecule has 2 rings (SSSR count). The van der Waals surface area contributed by atoms with Crippen molar-refractivity contribution in [2.45, 2.75) is 6.29 Å². The van der Waals surface area contributed by atoms with Gasteiger partial charge in [0, 0.05) is 24.4 Å². The van der Waals surface area contributed by atoms with Crippen molar-refractivity contribution in [2.75, 3.05) is 7.11 Å². The van der Waals surface area contributed by atoms with Crippen LogP contribution in [-0.4, -0.2) is 22.2 Å². The molecule has 4 nitrogen and oxygen atoms in total. The van der Waals surface area contributed by atoms with Gasteiger partial charge >= 0.3 is 0 Å². The molecule has 1 aromatic heterocycles. The molecule has 0 saturated heterocycles. The Bertz CT molecular complexity index is 566. The average Bonchev–Trinajstić information content (AvgIpc) is 2.37. The monoisotopic (exact) mass is 268 g/mol. The molecule has 0 aliphatic carbocycles. The number of halogens is 2. The Balaban J connectivity index is 2.41. The SMILES string of the molecule is COC(O)c1ccc(-c2ccnc(Cl)n2)c(F)c1. The van der Waals surface area contributed by atoms with Crippen molar-refractivity contribution in [1.82, 2.24) is 9.97 Å². The van der Waals surface area contributed by atoms with Gasteiger partial charge in [-0.25, -0.2) is 14.4 Å². The third kappa shape index (κ3) is 2.64. The van der Waals surface area contributed by atoms with Crippen molar-refractivity contribution < 1.29 is 14.2 Å². The Labute approximate surface area is 108 Å². The molecular weight excluding hydrogens is 259 g/mol. The number of benzene rings is 1. The van der Waals surface area contributed by atoms with E-state index < -0.39 is 12.1 Å². The summed E-state index contributed by atoms with van der Waals surface area (Å²) in [7, 11) is 1.33. The normalized spacial score (nSPS) is 12.4. The number of hydrogen-bond donors (Lipinski definition) is 1. The largest absolute Gasteiger partial charge is 0.364 e. The van der Waals surface area contributed by atoms with Gasteiger partial charge in [-0.3, -0.25) is 0 Å². The van der Waals surface area contributed by atoms with Crippen LogP contribution in [0.4, 0.5) is 4.39 Å². The molecule has 1 atom stereocenters. The third-order valence-electron chi connectivity index (χ3n) is 2.40. The molecule has 1 N–H and O–H groups in total. The quantitative estimate of drug-likeness (QED) is 0.687. The molecule has 1 aromatic carbocycles. The fourth-order valence-electron chi connectivity index (χ4n) is 1.51. The number of rotatable bonds is 3. The highest BCUT2D eigenvalue weighted by atomic mass is 35.5. The summed E-state index contributed by atoms with van der Waals surface area (Å²) in [6.45, 7) is 0. The topological polar surface area (TPSA) is 55.2 Å². The van der Waals surface area contributed by atoms with Gasteiger partial charge < -0.3 is 9.84 Å². The van der Waals surface area contributed by atoms with Gasteiger partial charge in [0.1, 0.15) is 5.82 Å². The number of hydrogen-bond acceptors (Lipinski definition) is 4. The van der Waals surface area contributed by atoms with E-state index in [4.69, 9.17) is 16.3 Å². The first kappa shape index (κ1) is 12.9. The molecule has 0 aliphatic rings. The minimum atomic E-state index is -1.15. The smallest absolute Gasteiger partial charge is 0.222 e. The van der Waals surface area contributed by atoms with Crippen LogP contribution < -0.4 is 0 Å². The summed E-state index contributed by atoms with van der Waals surface area (Å²) in [5.74, 6) is -0.515. The van der Waals surface area contributed by atoms with Crippen molar-refractivity contribution in [2.24, 2.45) is 0 Å². The summed E-state index contributed by atoms with van der Waals surface area (Å²) in [6.07, 6.45) is 0.296. The van der Waals surface area contributed by atoms with E-state index in [0.717, 1.165) is 0 Å². The zero-order chi connectivity index (χ0) is 13.1. The lowest BCUT2D eigenvalue weighted by Gasteiger charge is -2.10. The molecule has 1 unspecified atom stereocenters. The highest BCUT2D eigenvalue weighted by molar-refractivity contribution is 6.28. The Kier molecular flexibility index (Phi) is 3.86. The predicted octanol–water partition coefficient (Wildman–Crippen LogP) is 2.57. The molecule has 0 fully saturated rings. The molecule has 0 saturated carbocycles. The lowest BCUT2D eigenvalue weighted by atomic mass is 10.1. The number of ether oxygens (including phenoxy) is 1. The number of nitrogens with zero attached hydrogens (tertiary/aromatic N) is 2.